The van der Waals surface area contributed by atoms with Crippen LogP contribution in [0.2, 0.25) is 0 Å². The quantitative estimate of drug-likeness (QED) is 0.178. The summed E-state index contributed by atoms with van der Waals surface area (Å²) in [6, 6.07) is 20.0. The molecule has 1 fully saturated rings. The Morgan fingerprint density at radius 3 is 2.36 bits per heavy atom. The maximum Gasteiger partial charge on any atom is 0.414 e. The number of amides is 2. The lowest BCUT2D eigenvalue weighted by atomic mass is 9.92. The molecule has 2 heterocycles. The van der Waals surface area contributed by atoms with Gasteiger partial charge >= 0.3 is 6.09 Å². The number of nitrogens with two attached hydrogens (primary N) is 1. The molecular weight excluding hydrogens is 556 g/mol. The Hall–Kier alpha value is -4.96. The van der Waals surface area contributed by atoms with Crippen LogP contribution in [0.25, 0.3) is 38.6 Å². The Kier molecular flexibility index (Phi) is 7.69. The normalized spacial score (nSPS) is 17.0. The second-order valence-electron chi connectivity index (χ2n) is 12.2. The molecule has 1 saturated carbocycles. The first kappa shape index (κ1) is 29.1. The molecule has 1 aliphatic rings. The fourth-order valence-corrected chi connectivity index (χ4v) is 5.91. The van der Waals surface area contributed by atoms with Crippen molar-refractivity contribution in [2.45, 2.75) is 64.2 Å². The van der Waals surface area contributed by atoms with Gasteiger partial charge in [0.05, 0.1) is 22.7 Å². The van der Waals surface area contributed by atoms with E-state index in [9.17, 15) is 14.7 Å². The van der Waals surface area contributed by atoms with Crippen molar-refractivity contribution in [1.82, 2.24) is 14.5 Å². The number of nitrogens with one attached hydrogen (secondary N) is 2. The molecule has 5 aromatic rings. The third kappa shape index (κ3) is 5.93. The number of carbonyl (C=O) groups excluding carboxylic acids is 2. The molecule has 10 nitrogen and oxygen atoms in total. The Balaban J connectivity index is 1.41. The van der Waals surface area contributed by atoms with Crippen LogP contribution < -0.4 is 16.4 Å². The summed E-state index contributed by atoms with van der Waals surface area (Å²) in [6.45, 7) is 5.37. The maximum atomic E-state index is 12.4. The monoisotopic (exact) mass is 592 g/mol. The molecule has 5 N–H and O–H groups in total. The second-order valence-corrected chi connectivity index (χ2v) is 12.2. The molecule has 10 heteroatoms. The summed E-state index contributed by atoms with van der Waals surface area (Å²) in [5, 5.41) is 18.1. The van der Waals surface area contributed by atoms with Gasteiger partial charge < -0.3 is 25.5 Å². The van der Waals surface area contributed by atoms with E-state index >= 15 is 0 Å². The van der Waals surface area contributed by atoms with Crippen molar-refractivity contribution >= 4 is 45.4 Å². The third-order valence-corrected chi connectivity index (χ3v) is 7.86. The summed E-state index contributed by atoms with van der Waals surface area (Å²) < 4.78 is 7.48. The van der Waals surface area contributed by atoms with E-state index in [1.807, 2.05) is 36.4 Å². The molecule has 0 bridgehead atoms. The van der Waals surface area contributed by atoms with Gasteiger partial charge in [0.2, 0.25) is 5.95 Å². The van der Waals surface area contributed by atoms with Gasteiger partial charge in [-0.25, -0.2) is 14.8 Å². The Morgan fingerprint density at radius 1 is 0.955 bits per heavy atom. The number of nitrogens with zero attached hydrogens (tertiary/aromatic N) is 3. The molecule has 2 aromatic heterocycles. The average molecular weight is 593 g/mol. The number of para-hydroxylation sites is 1. The number of ether oxygens (including phenoxy) is 1. The van der Waals surface area contributed by atoms with Crippen molar-refractivity contribution in [3.63, 3.8) is 0 Å². The zero-order valence-corrected chi connectivity index (χ0v) is 25.0. The SMILES string of the molecule is CC(C)(C)OC(=O)Nc1ncc(-c2cccc3c2c2ccccc2n3-c2ccc(C(N)=O)c(NC3CCC(O)CC3)c2)cn1. The summed E-state index contributed by atoms with van der Waals surface area (Å²) in [5.41, 5.74) is 10.8. The molecule has 2 amide bonds. The van der Waals surface area contributed by atoms with Gasteiger partial charge in [0.25, 0.3) is 5.91 Å². The number of carbonyl (C=O) groups is 2. The first-order chi connectivity index (χ1) is 21.1. The number of fused-ring (bicyclic) bond motifs is 3. The standard InChI is InChI=1S/C34H36N6O4/c1-34(2,3)44-33(43)39-32-36-18-20(19-37-32)24-8-6-10-29-30(24)26-7-4-5-9-28(26)40(29)22-13-16-25(31(35)42)27(17-22)38-21-11-14-23(41)15-12-21/h4-10,13,16-19,21,23,38,41H,11-12,14-15H2,1-3H3,(H2,35,42)(H,36,37,39,43). The van der Waals surface area contributed by atoms with Gasteiger partial charge in [-0.1, -0.05) is 30.3 Å². The minimum Gasteiger partial charge on any atom is -0.444 e. The summed E-state index contributed by atoms with van der Waals surface area (Å²) in [7, 11) is 0. The fourth-order valence-electron chi connectivity index (χ4n) is 5.91. The van der Waals surface area contributed by atoms with Crippen LogP contribution in [-0.4, -0.2) is 49.4 Å². The number of benzene rings is 3. The number of rotatable bonds is 6. The van der Waals surface area contributed by atoms with Gasteiger partial charge in [-0.05, 0) is 82.3 Å². The van der Waals surface area contributed by atoms with Crippen LogP contribution in [-0.2, 0) is 4.74 Å². The highest BCUT2D eigenvalue weighted by Gasteiger charge is 2.23. The number of hydrogen-bond donors (Lipinski definition) is 4. The average Bonchev–Trinajstić information content (AvgIpc) is 3.32. The van der Waals surface area contributed by atoms with E-state index in [4.69, 9.17) is 10.5 Å². The van der Waals surface area contributed by atoms with Crippen molar-refractivity contribution in [1.29, 1.82) is 0 Å². The maximum absolute atomic E-state index is 12.4. The third-order valence-electron chi connectivity index (χ3n) is 7.86. The van der Waals surface area contributed by atoms with Gasteiger partial charge in [0.1, 0.15) is 5.60 Å². The molecule has 0 radical (unpaired) electrons. The molecule has 0 unspecified atom stereocenters. The molecule has 6 rings (SSSR count). The van der Waals surface area contributed by atoms with Crippen LogP contribution in [0.5, 0.6) is 0 Å². The summed E-state index contributed by atoms with van der Waals surface area (Å²) in [4.78, 5) is 33.3. The van der Waals surface area contributed by atoms with Crippen LogP contribution in [0.15, 0.2) is 73.1 Å². The van der Waals surface area contributed by atoms with E-state index in [0.717, 1.165) is 64.3 Å². The van der Waals surface area contributed by atoms with Crippen LogP contribution >= 0.6 is 0 Å². The van der Waals surface area contributed by atoms with E-state index in [2.05, 4.69) is 43.4 Å². The summed E-state index contributed by atoms with van der Waals surface area (Å²) in [5.74, 6) is -0.344. The van der Waals surface area contributed by atoms with Crippen LogP contribution in [0, 0.1) is 0 Å². The topological polar surface area (TPSA) is 144 Å². The summed E-state index contributed by atoms with van der Waals surface area (Å²) in [6.07, 6.45) is 5.56. The van der Waals surface area contributed by atoms with Crippen LogP contribution in [0.4, 0.5) is 16.4 Å². The number of aromatic nitrogens is 3. The highest BCUT2D eigenvalue weighted by Crippen LogP contribution is 2.39. The Bertz CT molecular complexity index is 1850. The number of hydrogen-bond acceptors (Lipinski definition) is 7. The molecule has 0 aliphatic heterocycles. The van der Waals surface area contributed by atoms with Crippen molar-refractivity contribution in [3.05, 3.63) is 78.6 Å². The van der Waals surface area contributed by atoms with Gasteiger partial charge in [0, 0.05) is 46.1 Å². The molecule has 0 spiro atoms. The highest BCUT2D eigenvalue weighted by atomic mass is 16.6. The minimum atomic E-state index is -0.635. The van der Waals surface area contributed by atoms with E-state index in [0.29, 0.717) is 11.3 Å². The lowest BCUT2D eigenvalue weighted by Gasteiger charge is -2.28. The van der Waals surface area contributed by atoms with Gasteiger partial charge in [-0.2, -0.15) is 0 Å². The summed E-state index contributed by atoms with van der Waals surface area (Å²) >= 11 is 0. The van der Waals surface area contributed by atoms with Crippen LogP contribution in [0.3, 0.4) is 0 Å². The smallest absolute Gasteiger partial charge is 0.414 e. The lowest BCUT2D eigenvalue weighted by molar-refractivity contribution is 0.0634. The molecule has 44 heavy (non-hydrogen) atoms. The molecule has 0 saturated heterocycles. The Labute approximate surface area is 255 Å². The largest absolute Gasteiger partial charge is 0.444 e. The second kappa shape index (κ2) is 11.6. The molecule has 226 valence electrons. The number of anilines is 2. The molecule has 3 aromatic carbocycles. The van der Waals surface area contributed by atoms with Gasteiger partial charge in [-0.15, -0.1) is 0 Å². The van der Waals surface area contributed by atoms with Gasteiger partial charge in [-0.3, -0.25) is 10.1 Å². The zero-order valence-electron chi connectivity index (χ0n) is 25.0. The molecular formula is C34H36N6O4. The zero-order chi connectivity index (χ0) is 31.0. The highest BCUT2D eigenvalue weighted by molar-refractivity contribution is 6.15. The number of primary amides is 1. The molecule has 1 aliphatic carbocycles. The van der Waals surface area contributed by atoms with E-state index < -0.39 is 17.6 Å². The fraction of sp³-hybridized carbons (Fsp3) is 0.294. The predicted molar refractivity (Wildman–Crippen MR) is 172 cm³/mol. The van der Waals surface area contributed by atoms with Crippen LogP contribution in [0.1, 0.15) is 56.8 Å². The van der Waals surface area contributed by atoms with E-state index in [1.165, 1.54) is 0 Å². The van der Waals surface area contributed by atoms with Crippen molar-refractivity contribution in [2.24, 2.45) is 5.73 Å². The minimum absolute atomic E-state index is 0.143. The van der Waals surface area contributed by atoms with Crippen molar-refractivity contribution in [3.8, 4) is 16.8 Å². The first-order valence-corrected chi connectivity index (χ1v) is 14.8. The number of aliphatic hydroxyl groups excluding tert-OH is 1. The number of aliphatic hydroxyl groups is 1. The van der Waals surface area contributed by atoms with E-state index in [-0.39, 0.29) is 18.1 Å². The first-order valence-electron chi connectivity index (χ1n) is 14.8. The van der Waals surface area contributed by atoms with Gasteiger partial charge in [0.15, 0.2) is 0 Å². The van der Waals surface area contributed by atoms with Crippen molar-refractivity contribution < 1.29 is 19.4 Å². The molecule has 0 atom stereocenters. The predicted octanol–water partition coefficient (Wildman–Crippen LogP) is 6.40. The lowest BCUT2D eigenvalue weighted by Crippen LogP contribution is -2.29. The Morgan fingerprint density at radius 2 is 1.66 bits per heavy atom. The van der Waals surface area contributed by atoms with E-state index in [1.54, 1.807) is 39.2 Å². The van der Waals surface area contributed by atoms with Crippen molar-refractivity contribution in [2.75, 3.05) is 10.6 Å².